The van der Waals surface area contributed by atoms with E-state index in [2.05, 4.69) is 14.9 Å². The number of imidazole rings is 1. The number of halogens is 1. The van der Waals surface area contributed by atoms with Crippen LogP contribution in [0.2, 0.25) is 5.28 Å². The van der Waals surface area contributed by atoms with Gasteiger partial charge in [0.1, 0.15) is 12.1 Å². The smallest absolute Gasteiger partial charge is 0.226 e. The van der Waals surface area contributed by atoms with Gasteiger partial charge in [0.25, 0.3) is 0 Å². The third kappa shape index (κ3) is 4.18. The van der Waals surface area contributed by atoms with Crippen LogP contribution in [-0.4, -0.2) is 52.4 Å². The van der Waals surface area contributed by atoms with Crippen molar-refractivity contribution in [2.24, 2.45) is 5.73 Å². The molecule has 2 saturated heterocycles. The van der Waals surface area contributed by atoms with Gasteiger partial charge in [-0.1, -0.05) is 13.8 Å². The van der Waals surface area contributed by atoms with E-state index in [1.54, 1.807) is 0 Å². The molecular weight excluding hydrogens is 368 g/mol. The molecular formula is C18H29ClN6O2. The number of nitrogens with two attached hydrogens (primary N) is 1. The van der Waals surface area contributed by atoms with E-state index < -0.39 is 0 Å². The Balaban J connectivity index is 0.00000102. The summed E-state index contributed by atoms with van der Waals surface area (Å²) in [5.74, 6) is 1.50. The molecule has 4 rings (SSSR count). The minimum Gasteiger partial charge on any atom is -0.378 e. The first-order valence-corrected chi connectivity index (χ1v) is 10.2. The Morgan fingerprint density at radius 3 is 2.48 bits per heavy atom. The van der Waals surface area contributed by atoms with Crippen LogP contribution in [-0.2, 0) is 9.47 Å². The van der Waals surface area contributed by atoms with Gasteiger partial charge in [0.2, 0.25) is 5.28 Å². The molecule has 2 aromatic rings. The van der Waals surface area contributed by atoms with Gasteiger partial charge in [-0.15, -0.1) is 0 Å². The molecule has 2 N–H and O–H groups in total. The molecule has 27 heavy (non-hydrogen) atoms. The SMILES string of the molecule is CC.CC(N)c1nc2c(N3CCOCC3)nc(Cl)nc2n1C1CCCCO1. The van der Waals surface area contributed by atoms with E-state index in [1.807, 2.05) is 25.3 Å². The van der Waals surface area contributed by atoms with Crippen molar-refractivity contribution in [2.75, 3.05) is 37.8 Å². The topological polar surface area (TPSA) is 91.3 Å². The molecule has 2 unspecified atom stereocenters. The maximum absolute atomic E-state index is 6.25. The van der Waals surface area contributed by atoms with Gasteiger partial charge in [-0.25, -0.2) is 4.98 Å². The van der Waals surface area contributed by atoms with Crippen LogP contribution in [0, 0.1) is 0 Å². The van der Waals surface area contributed by atoms with Gasteiger partial charge in [0.05, 0.1) is 19.3 Å². The van der Waals surface area contributed by atoms with Crippen molar-refractivity contribution < 1.29 is 9.47 Å². The van der Waals surface area contributed by atoms with Crippen LogP contribution in [0.5, 0.6) is 0 Å². The number of anilines is 1. The molecule has 2 atom stereocenters. The van der Waals surface area contributed by atoms with Crippen molar-refractivity contribution in [1.29, 1.82) is 0 Å². The molecule has 0 bridgehead atoms. The Labute approximate surface area is 165 Å². The predicted octanol–water partition coefficient (Wildman–Crippen LogP) is 3.06. The minimum absolute atomic E-state index is 0.108. The Hall–Kier alpha value is -1.48. The van der Waals surface area contributed by atoms with Crippen molar-refractivity contribution in [2.45, 2.75) is 52.3 Å². The summed E-state index contributed by atoms with van der Waals surface area (Å²) in [5, 5.41) is 0.210. The van der Waals surface area contributed by atoms with E-state index in [4.69, 9.17) is 31.8 Å². The van der Waals surface area contributed by atoms with Crippen LogP contribution < -0.4 is 10.6 Å². The van der Waals surface area contributed by atoms with Crippen molar-refractivity contribution in [3.05, 3.63) is 11.1 Å². The lowest BCUT2D eigenvalue weighted by molar-refractivity contribution is -0.0317. The highest BCUT2D eigenvalue weighted by molar-refractivity contribution is 6.28. The number of ether oxygens (including phenoxy) is 2. The highest BCUT2D eigenvalue weighted by Gasteiger charge is 2.28. The van der Waals surface area contributed by atoms with Crippen LogP contribution in [0.25, 0.3) is 11.2 Å². The Kier molecular flexibility index (Phi) is 6.86. The highest BCUT2D eigenvalue weighted by Crippen LogP contribution is 2.33. The van der Waals surface area contributed by atoms with Crippen LogP contribution >= 0.6 is 11.6 Å². The molecule has 2 aliphatic rings. The van der Waals surface area contributed by atoms with Crippen LogP contribution in [0.15, 0.2) is 0 Å². The van der Waals surface area contributed by atoms with Crippen molar-refractivity contribution in [1.82, 2.24) is 19.5 Å². The minimum atomic E-state index is -0.240. The van der Waals surface area contributed by atoms with Crippen molar-refractivity contribution >= 4 is 28.6 Å². The number of morpholine rings is 1. The number of rotatable bonds is 3. The predicted molar refractivity (Wildman–Crippen MR) is 106 cm³/mol. The lowest BCUT2D eigenvalue weighted by atomic mass is 10.2. The van der Waals surface area contributed by atoms with Crippen LogP contribution in [0.3, 0.4) is 0 Å². The van der Waals surface area contributed by atoms with E-state index >= 15 is 0 Å². The Bertz CT molecular complexity index is 754. The summed E-state index contributed by atoms with van der Waals surface area (Å²) in [6.07, 6.45) is 2.99. The first kappa shape index (κ1) is 20.3. The van der Waals surface area contributed by atoms with E-state index in [-0.39, 0.29) is 17.6 Å². The molecule has 0 spiro atoms. The van der Waals surface area contributed by atoms with Gasteiger partial charge in [-0.2, -0.15) is 9.97 Å². The van der Waals surface area contributed by atoms with Gasteiger partial charge in [0, 0.05) is 19.7 Å². The third-order valence-electron chi connectivity index (χ3n) is 4.68. The number of hydrogen-bond acceptors (Lipinski definition) is 7. The molecule has 2 aliphatic heterocycles. The van der Waals surface area contributed by atoms with Gasteiger partial charge >= 0.3 is 0 Å². The molecule has 0 radical (unpaired) electrons. The van der Waals surface area contributed by atoms with E-state index in [9.17, 15) is 0 Å². The monoisotopic (exact) mass is 396 g/mol. The molecule has 2 fully saturated rings. The van der Waals surface area contributed by atoms with E-state index in [0.717, 1.165) is 56.1 Å². The first-order chi connectivity index (χ1) is 13.1. The maximum atomic E-state index is 6.25. The van der Waals surface area contributed by atoms with Crippen LogP contribution in [0.1, 0.15) is 58.1 Å². The number of fused-ring (bicyclic) bond motifs is 1. The summed E-state index contributed by atoms with van der Waals surface area (Å²) in [4.78, 5) is 15.9. The second-order valence-electron chi connectivity index (χ2n) is 6.54. The normalized spacial score (nSPS) is 21.7. The van der Waals surface area contributed by atoms with Crippen molar-refractivity contribution in [3.8, 4) is 0 Å². The fourth-order valence-corrected chi connectivity index (χ4v) is 3.64. The fraction of sp³-hybridized carbons (Fsp3) is 0.722. The third-order valence-corrected chi connectivity index (χ3v) is 4.85. The zero-order chi connectivity index (χ0) is 19.4. The summed E-state index contributed by atoms with van der Waals surface area (Å²) in [7, 11) is 0. The fourth-order valence-electron chi connectivity index (χ4n) is 3.48. The molecule has 8 nitrogen and oxygen atoms in total. The zero-order valence-corrected chi connectivity index (χ0v) is 17.1. The van der Waals surface area contributed by atoms with Gasteiger partial charge in [-0.3, -0.25) is 4.57 Å². The quantitative estimate of drug-likeness (QED) is 0.797. The summed E-state index contributed by atoms with van der Waals surface area (Å²) in [6.45, 7) is 9.48. The second kappa shape index (κ2) is 9.14. The Morgan fingerprint density at radius 2 is 1.85 bits per heavy atom. The largest absolute Gasteiger partial charge is 0.378 e. The number of aromatic nitrogens is 4. The molecule has 4 heterocycles. The number of nitrogens with zero attached hydrogens (tertiary/aromatic N) is 5. The molecule has 0 amide bonds. The summed E-state index contributed by atoms with van der Waals surface area (Å²) in [5.41, 5.74) is 7.62. The van der Waals surface area contributed by atoms with Crippen molar-refractivity contribution in [3.63, 3.8) is 0 Å². The maximum Gasteiger partial charge on any atom is 0.226 e. The number of hydrogen-bond donors (Lipinski definition) is 1. The molecule has 0 aromatic carbocycles. The lowest BCUT2D eigenvalue weighted by Crippen LogP contribution is -2.37. The summed E-state index contributed by atoms with van der Waals surface area (Å²) < 4.78 is 13.4. The van der Waals surface area contributed by atoms with Gasteiger partial charge in [0.15, 0.2) is 17.0 Å². The van der Waals surface area contributed by atoms with Gasteiger partial charge < -0.3 is 20.1 Å². The average molecular weight is 397 g/mol. The lowest BCUT2D eigenvalue weighted by Gasteiger charge is -2.28. The molecule has 150 valence electrons. The molecule has 9 heteroatoms. The highest BCUT2D eigenvalue weighted by atomic mass is 35.5. The van der Waals surface area contributed by atoms with E-state index in [0.29, 0.717) is 18.9 Å². The standard InChI is InChI=1S/C16H23ClN6O2.C2H6/c1-10(18)13-19-12-14(22-5-8-24-9-6-22)20-16(17)21-15(12)23(13)11-4-2-3-7-25-11;1-2/h10-11H,2-9,18H2,1H3;1-2H3. The van der Waals surface area contributed by atoms with Crippen LogP contribution in [0.4, 0.5) is 5.82 Å². The molecule has 0 aliphatic carbocycles. The average Bonchev–Trinajstić information content (AvgIpc) is 3.10. The molecule has 2 aromatic heterocycles. The second-order valence-corrected chi connectivity index (χ2v) is 6.88. The molecule has 0 saturated carbocycles. The summed E-state index contributed by atoms with van der Waals surface area (Å²) >= 11 is 6.25. The van der Waals surface area contributed by atoms with E-state index in [1.165, 1.54) is 0 Å². The van der Waals surface area contributed by atoms with Gasteiger partial charge in [-0.05, 0) is 37.8 Å². The first-order valence-electron chi connectivity index (χ1n) is 9.80. The zero-order valence-electron chi connectivity index (χ0n) is 16.3. The summed E-state index contributed by atoms with van der Waals surface area (Å²) in [6, 6.07) is -0.240. The Morgan fingerprint density at radius 1 is 1.11 bits per heavy atom.